The first-order valence-corrected chi connectivity index (χ1v) is 11.6. The van der Waals surface area contributed by atoms with E-state index in [1.807, 2.05) is 25.1 Å². The van der Waals surface area contributed by atoms with Crippen molar-refractivity contribution in [1.29, 1.82) is 0 Å². The lowest BCUT2D eigenvalue weighted by atomic mass is 9.98. The highest BCUT2D eigenvalue weighted by molar-refractivity contribution is 7.17. The molecule has 0 unspecified atom stereocenters. The summed E-state index contributed by atoms with van der Waals surface area (Å²) in [7, 11) is 0. The summed E-state index contributed by atoms with van der Waals surface area (Å²) in [6, 6.07) is 11.7. The number of aromatic nitrogens is 2. The standard InChI is InChI=1S/C26H21ClN2O3S/c1-3-4-18(10-26(30)31)19-6-8-25(29-13-19)32-14-17-5-7-23-21(9-17)22(15-33-23)20-11-24(27)28-12-16(20)2/h5-9,11-13,15,18H,10,14H2,1-2H3,(H,30,31)/t18-/m0/s1. The number of hydrogen-bond donors (Lipinski definition) is 1. The number of carboxylic acid groups (broad SMARTS) is 1. The second-order valence-electron chi connectivity index (χ2n) is 7.57. The SMILES string of the molecule is CC#C[C@@H](CC(=O)O)c1ccc(OCc2ccc3scc(-c4cc(Cl)ncc4C)c3c2)nc1. The zero-order valence-electron chi connectivity index (χ0n) is 18.1. The number of benzene rings is 1. The lowest BCUT2D eigenvalue weighted by molar-refractivity contribution is -0.137. The van der Waals surface area contributed by atoms with E-state index >= 15 is 0 Å². The third-order valence-electron chi connectivity index (χ3n) is 5.24. The van der Waals surface area contributed by atoms with Crippen molar-refractivity contribution in [2.24, 2.45) is 0 Å². The monoisotopic (exact) mass is 476 g/mol. The van der Waals surface area contributed by atoms with Gasteiger partial charge in [-0.2, -0.15) is 0 Å². The minimum Gasteiger partial charge on any atom is -0.481 e. The van der Waals surface area contributed by atoms with Gasteiger partial charge in [-0.1, -0.05) is 29.7 Å². The van der Waals surface area contributed by atoms with Crippen LogP contribution in [0.15, 0.2) is 54.2 Å². The minimum absolute atomic E-state index is 0.0616. The van der Waals surface area contributed by atoms with Crippen LogP contribution in [0.1, 0.15) is 36.0 Å². The zero-order chi connectivity index (χ0) is 23.4. The number of thiophene rings is 1. The highest BCUT2D eigenvalue weighted by Crippen LogP contribution is 2.37. The Morgan fingerprint density at radius 2 is 2.03 bits per heavy atom. The molecule has 0 spiro atoms. The van der Waals surface area contributed by atoms with E-state index in [0.29, 0.717) is 17.6 Å². The Bertz CT molecular complexity index is 1370. The van der Waals surface area contributed by atoms with Crippen molar-refractivity contribution in [2.75, 3.05) is 0 Å². The van der Waals surface area contributed by atoms with Crippen molar-refractivity contribution in [2.45, 2.75) is 32.8 Å². The maximum atomic E-state index is 11.1. The summed E-state index contributed by atoms with van der Waals surface area (Å²) in [6.07, 6.45) is 3.36. The first kappa shape index (κ1) is 22.8. The Kier molecular flexibility index (Phi) is 6.93. The third-order valence-corrected chi connectivity index (χ3v) is 6.41. The Morgan fingerprint density at radius 1 is 1.18 bits per heavy atom. The normalized spacial score (nSPS) is 11.6. The average molecular weight is 477 g/mol. The molecule has 7 heteroatoms. The number of carboxylic acids is 1. The van der Waals surface area contributed by atoms with Crippen LogP contribution < -0.4 is 4.74 Å². The van der Waals surface area contributed by atoms with Crippen molar-refractivity contribution in [3.05, 3.63) is 76.0 Å². The van der Waals surface area contributed by atoms with Gasteiger partial charge in [0.2, 0.25) is 5.88 Å². The van der Waals surface area contributed by atoms with E-state index in [1.165, 1.54) is 4.70 Å². The van der Waals surface area contributed by atoms with Crippen LogP contribution in [0.2, 0.25) is 5.15 Å². The van der Waals surface area contributed by atoms with Gasteiger partial charge in [0.1, 0.15) is 11.8 Å². The fourth-order valence-electron chi connectivity index (χ4n) is 3.60. The summed E-state index contributed by atoms with van der Waals surface area (Å²) >= 11 is 7.82. The van der Waals surface area contributed by atoms with Crippen LogP contribution in [0.4, 0.5) is 0 Å². The molecule has 0 aliphatic rings. The Hall–Kier alpha value is -3.40. The fraction of sp³-hybridized carbons (Fsp3) is 0.192. The van der Waals surface area contributed by atoms with Gasteiger partial charge in [-0.15, -0.1) is 17.3 Å². The second kappa shape index (κ2) is 10.0. The van der Waals surface area contributed by atoms with Crippen molar-refractivity contribution >= 4 is 39.0 Å². The quantitative estimate of drug-likeness (QED) is 0.244. The fourth-order valence-corrected chi connectivity index (χ4v) is 4.70. The zero-order valence-corrected chi connectivity index (χ0v) is 19.7. The highest BCUT2D eigenvalue weighted by atomic mass is 35.5. The van der Waals surface area contributed by atoms with E-state index in [-0.39, 0.29) is 6.42 Å². The van der Waals surface area contributed by atoms with Crippen LogP contribution >= 0.6 is 22.9 Å². The lowest BCUT2D eigenvalue weighted by Crippen LogP contribution is -2.05. The molecule has 3 heterocycles. The maximum Gasteiger partial charge on any atom is 0.304 e. The van der Waals surface area contributed by atoms with Gasteiger partial charge in [-0.05, 0) is 59.7 Å². The first-order valence-electron chi connectivity index (χ1n) is 10.3. The molecule has 0 bridgehead atoms. The molecule has 4 aromatic rings. The molecule has 0 radical (unpaired) electrons. The molecule has 1 aromatic carbocycles. The van der Waals surface area contributed by atoms with E-state index in [1.54, 1.807) is 36.7 Å². The summed E-state index contributed by atoms with van der Waals surface area (Å²) in [6.45, 7) is 4.08. The number of fused-ring (bicyclic) bond motifs is 1. The van der Waals surface area contributed by atoms with E-state index in [2.05, 4.69) is 39.3 Å². The van der Waals surface area contributed by atoms with E-state index in [9.17, 15) is 4.79 Å². The number of rotatable bonds is 7. The van der Waals surface area contributed by atoms with Crippen LogP contribution in [-0.4, -0.2) is 21.0 Å². The van der Waals surface area contributed by atoms with Gasteiger partial charge >= 0.3 is 5.97 Å². The van der Waals surface area contributed by atoms with Crippen LogP contribution in [0, 0.1) is 18.8 Å². The molecule has 5 nitrogen and oxygen atoms in total. The summed E-state index contributed by atoms with van der Waals surface area (Å²) < 4.78 is 7.08. The highest BCUT2D eigenvalue weighted by Gasteiger charge is 2.14. The van der Waals surface area contributed by atoms with Crippen LogP contribution in [0.25, 0.3) is 21.2 Å². The molecule has 1 N–H and O–H groups in total. The second-order valence-corrected chi connectivity index (χ2v) is 8.86. The molecular formula is C26H21ClN2O3S. The van der Waals surface area contributed by atoms with Gasteiger partial charge in [0.05, 0.1) is 12.3 Å². The van der Waals surface area contributed by atoms with E-state index in [4.69, 9.17) is 21.4 Å². The number of aliphatic carboxylic acids is 1. The molecule has 1 atom stereocenters. The first-order chi connectivity index (χ1) is 15.9. The molecule has 0 amide bonds. The summed E-state index contributed by atoms with van der Waals surface area (Å²) in [5.74, 6) is 4.90. The van der Waals surface area contributed by atoms with Crippen LogP contribution in [-0.2, 0) is 11.4 Å². The van der Waals surface area contributed by atoms with Gasteiger partial charge in [0.25, 0.3) is 0 Å². The molecule has 33 heavy (non-hydrogen) atoms. The van der Waals surface area contributed by atoms with E-state index in [0.717, 1.165) is 33.2 Å². The van der Waals surface area contributed by atoms with Gasteiger partial charge < -0.3 is 9.84 Å². The molecule has 4 rings (SSSR count). The third kappa shape index (κ3) is 5.33. The van der Waals surface area contributed by atoms with Crippen LogP contribution in [0.3, 0.4) is 0 Å². The minimum atomic E-state index is -0.893. The molecule has 0 saturated heterocycles. The number of pyridine rings is 2. The van der Waals surface area contributed by atoms with Crippen molar-refractivity contribution in [3.8, 4) is 28.8 Å². The number of ether oxygens (including phenoxy) is 1. The Morgan fingerprint density at radius 3 is 2.76 bits per heavy atom. The molecule has 0 aliphatic heterocycles. The predicted octanol–water partition coefficient (Wildman–Crippen LogP) is 6.48. The maximum absolute atomic E-state index is 11.1. The number of halogens is 1. The molecule has 0 aliphatic carbocycles. The number of nitrogens with zero attached hydrogens (tertiary/aromatic N) is 2. The van der Waals surface area contributed by atoms with Gasteiger partial charge in [0, 0.05) is 34.1 Å². The van der Waals surface area contributed by atoms with E-state index < -0.39 is 11.9 Å². The van der Waals surface area contributed by atoms with Crippen LogP contribution in [0.5, 0.6) is 5.88 Å². The average Bonchev–Trinajstić information content (AvgIpc) is 3.22. The summed E-state index contributed by atoms with van der Waals surface area (Å²) in [4.78, 5) is 19.6. The molecular weight excluding hydrogens is 456 g/mol. The smallest absolute Gasteiger partial charge is 0.304 e. The largest absolute Gasteiger partial charge is 0.481 e. The topological polar surface area (TPSA) is 72.3 Å². The van der Waals surface area contributed by atoms with Gasteiger partial charge in [0.15, 0.2) is 0 Å². The van der Waals surface area contributed by atoms with Crippen molar-refractivity contribution in [3.63, 3.8) is 0 Å². The molecule has 0 saturated carbocycles. The summed E-state index contributed by atoms with van der Waals surface area (Å²) in [5, 5.41) is 12.9. The van der Waals surface area contributed by atoms with Gasteiger partial charge in [-0.3, -0.25) is 4.79 Å². The number of aryl methyl sites for hydroxylation is 1. The Balaban J connectivity index is 1.52. The molecule has 166 valence electrons. The number of carbonyl (C=O) groups is 1. The summed E-state index contributed by atoms with van der Waals surface area (Å²) in [5.41, 5.74) is 5.05. The molecule has 0 fully saturated rings. The van der Waals surface area contributed by atoms with Gasteiger partial charge in [-0.25, -0.2) is 9.97 Å². The molecule has 3 aromatic heterocycles. The van der Waals surface area contributed by atoms with Crippen molar-refractivity contribution in [1.82, 2.24) is 9.97 Å². The van der Waals surface area contributed by atoms with Crippen molar-refractivity contribution < 1.29 is 14.6 Å². The Labute approximate surface area is 201 Å². The predicted molar refractivity (Wildman–Crippen MR) is 132 cm³/mol. The lowest BCUT2D eigenvalue weighted by Gasteiger charge is -2.10. The number of hydrogen-bond acceptors (Lipinski definition) is 5.